The molecule has 2 amide bonds. The van der Waals surface area contributed by atoms with Gasteiger partial charge in [-0.3, -0.25) is 9.59 Å². The summed E-state index contributed by atoms with van der Waals surface area (Å²) in [4.78, 5) is 28.2. The van der Waals surface area contributed by atoms with Gasteiger partial charge in [0.2, 0.25) is 5.91 Å². The van der Waals surface area contributed by atoms with E-state index in [1.165, 1.54) is 12.0 Å². The Balaban J connectivity index is 1.50. The number of hydrogen-bond donors (Lipinski definition) is 1. The third-order valence-electron chi connectivity index (χ3n) is 4.80. The van der Waals surface area contributed by atoms with Crippen molar-refractivity contribution in [3.8, 4) is 5.75 Å². The maximum atomic E-state index is 12.8. The number of carbonyl (C=O) groups is 2. The van der Waals surface area contributed by atoms with E-state index in [2.05, 4.69) is 11.4 Å². The SMILES string of the molecule is COc1ccc(Cl)cc1C(=O)N1CCC(C(=O)NCCc2cccs2)CC1. The summed E-state index contributed by atoms with van der Waals surface area (Å²) in [5, 5.41) is 5.56. The molecule has 0 radical (unpaired) electrons. The van der Waals surface area contributed by atoms with Crippen LogP contribution in [0.1, 0.15) is 28.1 Å². The second-order valence-corrected chi connectivity index (χ2v) is 8.00. The highest BCUT2D eigenvalue weighted by molar-refractivity contribution is 7.09. The molecule has 0 unspecified atom stereocenters. The lowest BCUT2D eigenvalue weighted by molar-refractivity contribution is -0.126. The number of hydrogen-bond acceptors (Lipinski definition) is 4. The molecule has 1 aromatic heterocycles. The molecule has 0 saturated carbocycles. The Morgan fingerprint density at radius 3 is 2.74 bits per heavy atom. The minimum atomic E-state index is -0.106. The molecule has 1 fully saturated rings. The second kappa shape index (κ2) is 9.24. The lowest BCUT2D eigenvalue weighted by Gasteiger charge is -2.31. The highest BCUT2D eigenvalue weighted by Crippen LogP contribution is 2.26. The van der Waals surface area contributed by atoms with Gasteiger partial charge in [-0.2, -0.15) is 0 Å². The van der Waals surface area contributed by atoms with Gasteiger partial charge in [0.15, 0.2) is 0 Å². The number of halogens is 1. The zero-order valence-electron chi connectivity index (χ0n) is 15.2. The molecule has 144 valence electrons. The summed E-state index contributed by atoms with van der Waals surface area (Å²) >= 11 is 7.73. The van der Waals surface area contributed by atoms with Gasteiger partial charge in [0, 0.05) is 35.5 Å². The molecule has 1 N–H and O–H groups in total. The summed E-state index contributed by atoms with van der Waals surface area (Å²) in [7, 11) is 1.53. The molecular weight excluding hydrogens is 384 g/mol. The van der Waals surface area contributed by atoms with Crippen LogP contribution >= 0.6 is 22.9 Å². The fourth-order valence-corrected chi connectivity index (χ4v) is 4.15. The van der Waals surface area contributed by atoms with Crippen molar-refractivity contribution in [2.24, 2.45) is 5.92 Å². The van der Waals surface area contributed by atoms with E-state index >= 15 is 0 Å². The Hall–Kier alpha value is -2.05. The molecule has 0 aliphatic carbocycles. The minimum Gasteiger partial charge on any atom is -0.496 e. The molecule has 0 spiro atoms. The number of nitrogens with zero attached hydrogens (tertiary/aromatic N) is 1. The Kier molecular flexibility index (Phi) is 6.74. The summed E-state index contributed by atoms with van der Waals surface area (Å²) in [6.07, 6.45) is 2.19. The van der Waals surface area contributed by atoms with E-state index in [9.17, 15) is 9.59 Å². The highest BCUT2D eigenvalue weighted by atomic mass is 35.5. The number of likely N-dealkylation sites (tertiary alicyclic amines) is 1. The standard InChI is InChI=1S/C20H23ClN2O3S/c1-26-18-5-4-15(21)13-17(18)20(25)23-10-7-14(8-11-23)19(24)22-9-6-16-3-2-12-27-16/h2-5,12-14H,6-11H2,1H3,(H,22,24). The topological polar surface area (TPSA) is 58.6 Å². The van der Waals surface area contributed by atoms with E-state index in [0.29, 0.717) is 48.8 Å². The number of amides is 2. The zero-order chi connectivity index (χ0) is 19.2. The maximum absolute atomic E-state index is 12.8. The third-order valence-corrected chi connectivity index (χ3v) is 5.97. The van der Waals surface area contributed by atoms with Gasteiger partial charge >= 0.3 is 0 Å². The van der Waals surface area contributed by atoms with Crippen LogP contribution in [-0.4, -0.2) is 43.5 Å². The molecule has 1 aliphatic heterocycles. The average Bonchev–Trinajstić information content (AvgIpc) is 3.21. The molecule has 0 atom stereocenters. The van der Waals surface area contributed by atoms with E-state index in [1.54, 1.807) is 34.4 Å². The van der Waals surface area contributed by atoms with Crippen molar-refractivity contribution >= 4 is 34.8 Å². The summed E-state index contributed by atoms with van der Waals surface area (Å²) in [6, 6.07) is 9.12. The van der Waals surface area contributed by atoms with Crippen molar-refractivity contribution in [2.45, 2.75) is 19.3 Å². The quantitative estimate of drug-likeness (QED) is 0.797. The number of piperidine rings is 1. The molecule has 0 bridgehead atoms. The zero-order valence-corrected chi connectivity index (χ0v) is 16.8. The summed E-state index contributed by atoms with van der Waals surface area (Å²) < 4.78 is 5.28. The van der Waals surface area contributed by atoms with E-state index in [-0.39, 0.29) is 17.7 Å². The fraction of sp³-hybridized carbons (Fsp3) is 0.400. The number of benzene rings is 1. The van der Waals surface area contributed by atoms with Crippen molar-refractivity contribution < 1.29 is 14.3 Å². The Bertz CT molecular complexity index is 787. The Morgan fingerprint density at radius 2 is 2.07 bits per heavy atom. The molecule has 5 nitrogen and oxygen atoms in total. The smallest absolute Gasteiger partial charge is 0.257 e. The van der Waals surface area contributed by atoms with Crippen LogP contribution in [0.4, 0.5) is 0 Å². The summed E-state index contributed by atoms with van der Waals surface area (Å²) in [5.41, 5.74) is 0.462. The van der Waals surface area contributed by atoms with Crippen LogP contribution in [0.3, 0.4) is 0 Å². The molecule has 27 heavy (non-hydrogen) atoms. The predicted molar refractivity (Wildman–Crippen MR) is 108 cm³/mol. The van der Waals surface area contributed by atoms with Crippen molar-refractivity contribution in [3.05, 3.63) is 51.2 Å². The molecule has 1 aliphatic rings. The number of carbonyl (C=O) groups excluding carboxylic acids is 2. The van der Waals surface area contributed by atoms with Gasteiger partial charge in [-0.15, -0.1) is 11.3 Å². The van der Waals surface area contributed by atoms with Crippen LogP contribution in [0.2, 0.25) is 5.02 Å². The summed E-state index contributed by atoms with van der Waals surface area (Å²) in [6.45, 7) is 1.76. The van der Waals surface area contributed by atoms with Crippen LogP contribution < -0.4 is 10.1 Å². The van der Waals surface area contributed by atoms with Gasteiger partial charge in [0.05, 0.1) is 12.7 Å². The first-order chi connectivity index (χ1) is 13.1. The lowest BCUT2D eigenvalue weighted by Crippen LogP contribution is -2.43. The highest BCUT2D eigenvalue weighted by Gasteiger charge is 2.28. The first-order valence-electron chi connectivity index (χ1n) is 9.01. The fourth-order valence-electron chi connectivity index (χ4n) is 3.27. The van der Waals surface area contributed by atoms with Gasteiger partial charge in [0.25, 0.3) is 5.91 Å². The number of ether oxygens (including phenoxy) is 1. The van der Waals surface area contributed by atoms with Crippen LogP contribution in [-0.2, 0) is 11.2 Å². The monoisotopic (exact) mass is 406 g/mol. The molecule has 7 heteroatoms. The normalized spacial score (nSPS) is 14.8. The van der Waals surface area contributed by atoms with Crippen molar-refractivity contribution in [3.63, 3.8) is 0 Å². The molecule has 3 rings (SSSR count). The van der Waals surface area contributed by atoms with Gasteiger partial charge < -0.3 is 15.0 Å². The molecule has 2 heterocycles. The average molecular weight is 407 g/mol. The van der Waals surface area contributed by atoms with E-state index < -0.39 is 0 Å². The molecule has 1 saturated heterocycles. The Morgan fingerprint density at radius 1 is 1.30 bits per heavy atom. The maximum Gasteiger partial charge on any atom is 0.257 e. The van der Waals surface area contributed by atoms with E-state index in [1.807, 2.05) is 11.4 Å². The first-order valence-corrected chi connectivity index (χ1v) is 10.3. The lowest BCUT2D eigenvalue weighted by atomic mass is 9.95. The number of thiophene rings is 1. The largest absolute Gasteiger partial charge is 0.496 e. The third kappa shape index (κ3) is 5.02. The first kappa shape index (κ1) is 19.7. The van der Waals surface area contributed by atoms with Gasteiger partial charge in [-0.1, -0.05) is 17.7 Å². The van der Waals surface area contributed by atoms with Gasteiger partial charge in [0.1, 0.15) is 5.75 Å². The van der Waals surface area contributed by atoms with Gasteiger partial charge in [-0.05, 0) is 48.9 Å². The minimum absolute atomic E-state index is 0.0429. The van der Waals surface area contributed by atoms with Crippen molar-refractivity contribution in [2.75, 3.05) is 26.7 Å². The number of nitrogens with one attached hydrogen (secondary N) is 1. The van der Waals surface area contributed by atoms with E-state index in [4.69, 9.17) is 16.3 Å². The molecule has 1 aromatic carbocycles. The van der Waals surface area contributed by atoms with Crippen molar-refractivity contribution in [1.29, 1.82) is 0 Å². The second-order valence-electron chi connectivity index (χ2n) is 6.53. The van der Waals surface area contributed by atoms with Crippen molar-refractivity contribution in [1.82, 2.24) is 10.2 Å². The van der Waals surface area contributed by atoms with Gasteiger partial charge in [-0.25, -0.2) is 0 Å². The number of rotatable bonds is 6. The molecular formula is C20H23ClN2O3S. The van der Waals surface area contributed by atoms with Crippen LogP contribution in [0, 0.1) is 5.92 Å². The Labute approximate surface area is 168 Å². The van der Waals surface area contributed by atoms with E-state index in [0.717, 1.165) is 6.42 Å². The van der Waals surface area contributed by atoms with Crippen LogP contribution in [0.15, 0.2) is 35.7 Å². The summed E-state index contributed by atoms with van der Waals surface area (Å²) in [5.74, 6) is 0.446. The van der Waals surface area contributed by atoms with Crippen LogP contribution in [0.25, 0.3) is 0 Å². The predicted octanol–water partition coefficient (Wildman–Crippen LogP) is 3.62. The van der Waals surface area contributed by atoms with Crippen LogP contribution in [0.5, 0.6) is 5.75 Å². The number of methoxy groups -OCH3 is 1. The molecule has 2 aromatic rings.